The van der Waals surface area contributed by atoms with Gasteiger partial charge >= 0.3 is 0 Å². The van der Waals surface area contributed by atoms with Gasteiger partial charge in [0.2, 0.25) is 0 Å². The number of aliphatic imine (C=N–C) groups is 1. The molecule has 0 spiro atoms. The van der Waals surface area contributed by atoms with Gasteiger partial charge in [-0.05, 0) is 36.2 Å². The molecule has 4 N–H and O–H groups in total. The highest BCUT2D eigenvalue weighted by molar-refractivity contribution is 14.0. The van der Waals surface area contributed by atoms with Gasteiger partial charge < -0.3 is 21.1 Å². The van der Waals surface area contributed by atoms with Crippen molar-refractivity contribution in [2.45, 2.75) is 26.3 Å². The lowest BCUT2D eigenvalue weighted by molar-refractivity contribution is 0.0953. The van der Waals surface area contributed by atoms with E-state index in [-0.39, 0.29) is 29.9 Å². The summed E-state index contributed by atoms with van der Waals surface area (Å²) >= 11 is 0. The molecule has 0 bridgehead atoms. The van der Waals surface area contributed by atoms with Gasteiger partial charge in [-0.1, -0.05) is 37.6 Å². The molecule has 0 saturated heterocycles. The summed E-state index contributed by atoms with van der Waals surface area (Å²) in [6, 6.07) is 14.9. The van der Waals surface area contributed by atoms with Gasteiger partial charge in [-0.3, -0.25) is 4.79 Å². The number of carbonyl (C=O) groups is 1. The van der Waals surface area contributed by atoms with Crippen LogP contribution in [0.5, 0.6) is 5.75 Å². The van der Waals surface area contributed by atoms with Crippen molar-refractivity contribution in [3.05, 3.63) is 59.7 Å². The monoisotopic (exact) mass is 482 g/mol. The van der Waals surface area contributed by atoms with E-state index in [1.807, 2.05) is 36.4 Å². The molecule has 0 aliphatic rings. The summed E-state index contributed by atoms with van der Waals surface area (Å²) in [5, 5.41) is 5.93. The molecule has 0 saturated carbocycles. The number of anilines is 1. The number of halogens is 1. The number of guanidine groups is 1. The van der Waals surface area contributed by atoms with Crippen molar-refractivity contribution < 1.29 is 9.53 Å². The number of nitrogens with two attached hydrogens (primary N) is 1. The Bertz CT molecular complexity index is 748. The largest absolute Gasteiger partial charge is 0.495 e. The van der Waals surface area contributed by atoms with Crippen LogP contribution in [0.2, 0.25) is 0 Å². The maximum absolute atomic E-state index is 12.0. The van der Waals surface area contributed by atoms with E-state index in [0.717, 1.165) is 24.1 Å². The second kappa shape index (κ2) is 12.2. The highest BCUT2D eigenvalue weighted by Crippen LogP contribution is 2.22. The van der Waals surface area contributed by atoms with Crippen LogP contribution in [-0.4, -0.2) is 25.5 Å². The number of benzene rings is 2. The molecule has 0 unspecified atom stereocenters. The van der Waals surface area contributed by atoms with E-state index in [0.29, 0.717) is 30.4 Å². The predicted octanol–water partition coefficient (Wildman–Crippen LogP) is 3.77. The summed E-state index contributed by atoms with van der Waals surface area (Å²) < 4.78 is 5.27. The van der Waals surface area contributed by atoms with E-state index in [9.17, 15) is 4.79 Å². The van der Waals surface area contributed by atoms with Gasteiger partial charge in [0.15, 0.2) is 5.96 Å². The Morgan fingerprint density at radius 3 is 2.52 bits per heavy atom. The second-order valence-corrected chi connectivity index (χ2v) is 5.83. The minimum absolute atomic E-state index is 0. The van der Waals surface area contributed by atoms with Crippen LogP contribution in [0, 0.1) is 0 Å². The maximum atomic E-state index is 12.0. The summed E-state index contributed by atoms with van der Waals surface area (Å²) in [4.78, 5) is 16.3. The Morgan fingerprint density at radius 2 is 1.85 bits per heavy atom. The normalized spacial score (nSPS) is 10.7. The number of ether oxygens (including phenoxy) is 1. The van der Waals surface area contributed by atoms with Crippen LogP contribution in [0.4, 0.5) is 5.69 Å². The number of hydrogen-bond acceptors (Lipinski definition) is 3. The van der Waals surface area contributed by atoms with Crippen LogP contribution in [-0.2, 0) is 6.54 Å². The SMILES string of the molecule is CCCCNC(=O)c1ccc(CN=C(N)Nc2ccccc2OC)cc1.I. The van der Waals surface area contributed by atoms with Crippen molar-refractivity contribution in [3.63, 3.8) is 0 Å². The average molecular weight is 482 g/mol. The zero-order chi connectivity index (χ0) is 18.8. The predicted molar refractivity (Wildman–Crippen MR) is 121 cm³/mol. The molecule has 0 fully saturated rings. The van der Waals surface area contributed by atoms with Gasteiger partial charge in [0.1, 0.15) is 5.75 Å². The Kier molecular flexibility index (Phi) is 10.2. The molecule has 0 aliphatic heterocycles. The van der Waals surface area contributed by atoms with E-state index in [1.54, 1.807) is 19.2 Å². The highest BCUT2D eigenvalue weighted by atomic mass is 127. The van der Waals surface area contributed by atoms with Gasteiger partial charge in [-0.15, -0.1) is 24.0 Å². The fourth-order valence-electron chi connectivity index (χ4n) is 2.34. The van der Waals surface area contributed by atoms with Crippen molar-refractivity contribution >= 4 is 41.5 Å². The van der Waals surface area contributed by atoms with E-state index in [2.05, 4.69) is 22.5 Å². The Hall–Kier alpha value is -2.29. The number of rotatable bonds is 8. The molecule has 2 aromatic carbocycles. The number of amides is 1. The number of para-hydroxylation sites is 2. The molecule has 1 amide bonds. The van der Waals surface area contributed by atoms with Crippen molar-refractivity contribution in [1.29, 1.82) is 0 Å². The molecular weight excluding hydrogens is 455 g/mol. The average Bonchev–Trinajstić information content (AvgIpc) is 2.67. The van der Waals surface area contributed by atoms with Crippen LogP contribution in [0.15, 0.2) is 53.5 Å². The zero-order valence-electron chi connectivity index (χ0n) is 15.7. The summed E-state index contributed by atoms with van der Waals surface area (Å²) in [5.41, 5.74) is 8.32. The van der Waals surface area contributed by atoms with Crippen LogP contribution >= 0.6 is 24.0 Å². The Balaban J connectivity index is 0.00000364. The summed E-state index contributed by atoms with van der Waals surface area (Å²) in [6.45, 7) is 3.22. The topological polar surface area (TPSA) is 88.7 Å². The number of nitrogens with one attached hydrogen (secondary N) is 2. The number of unbranched alkanes of at least 4 members (excludes halogenated alkanes) is 1. The molecule has 0 atom stereocenters. The van der Waals surface area contributed by atoms with Crippen molar-refractivity contribution in [1.82, 2.24) is 5.32 Å². The van der Waals surface area contributed by atoms with Crippen LogP contribution in [0.3, 0.4) is 0 Å². The van der Waals surface area contributed by atoms with E-state index in [1.165, 1.54) is 0 Å². The molecular formula is C20H27IN4O2. The molecule has 2 aromatic rings. The third-order valence-corrected chi connectivity index (χ3v) is 3.83. The molecule has 7 heteroatoms. The molecule has 146 valence electrons. The third-order valence-electron chi connectivity index (χ3n) is 3.83. The minimum Gasteiger partial charge on any atom is -0.495 e. The van der Waals surface area contributed by atoms with Crippen molar-refractivity contribution in [2.75, 3.05) is 19.0 Å². The van der Waals surface area contributed by atoms with Crippen molar-refractivity contribution in [3.8, 4) is 5.75 Å². The third kappa shape index (κ3) is 7.46. The van der Waals surface area contributed by atoms with Crippen LogP contribution in [0.1, 0.15) is 35.7 Å². The fraction of sp³-hybridized carbons (Fsp3) is 0.300. The first-order chi connectivity index (χ1) is 12.6. The highest BCUT2D eigenvalue weighted by Gasteiger charge is 2.05. The lowest BCUT2D eigenvalue weighted by atomic mass is 10.1. The van der Waals surface area contributed by atoms with E-state index in [4.69, 9.17) is 10.5 Å². The molecule has 0 aliphatic carbocycles. The fourth-order valence-corrected chi connectivity index (χ4v) is 2.34. The lowest BCUT2D eigenvalue weighted by Crippen LogP contribution is -2.24. The van der Waals surface area contributed by atoms with Crippen LogP contribution < -0.4 is 21.1 Å². The van der Waals surface area contributed by atoms with Gasteiger partial charge in [0.25, 0.3) is 5.91 Å². The summed E-state index contributed by atoms with van der Waals surface area (Å²) in [7, 11) is 1.60. The Morgan fingerprint density at radius 1 is 1.15 bits per heavy atom. The van der Waals surface area contributed by atoms with Gasteiger partial charge in [0.05, 0.1) is 19.3 Å². The van der Waals surface area contributed by atoms with E-state index < -0.39 is 0 Å². The standard InChI is InChI=1S/C20H26N4O2.HI/c1-3-4-13-22-19(25)16-11-9-15(10-12-16)14-23-20(21)24-17-7-5-6-8-18(17)26-2;/h5-12H,3-4,13-14H2,1-2H3,(H,22,25)(H3,21,23,24);1H. The zero-order valence-corrected chi connectivity index (χ0v) is 18.0. The van der Waals surface area contributed by atoms with Gasteiger partial charge in [0, 0.05) is 12.1 Å². The smallest absolute Gasteiger partial charge is 0.251 e. The first-order valence-electron chi connectivity index (χ1n) is 8.71. The van der Waals surface area contributed by atoms with E-state index >= 15 is 0 Å². The molecule has 2 rings (SSSR count). The first kappa shape index (κ1) is 22.8. The second-order valence-electron chi connectivity index (χ2n) is 5.83. The molecule has 27 heavy (non-hydrogen) atoms. The lowest BCUT2D eigenvalue weighted by Gasteiger charge is -2.10. The molecule has 0 radical (unpaired) electrons. The van der Waals surface area contributed by atoms with Gasteiger partial charge in [-0.2, -0.15) is 0 Å². The number of methoxy groups -OCH3 is 1. The number of carbonyl (C=O) groups excluding carboxylic acids is 1. The number of hydrogen-bond donors (Lipinski definition) is 3. The Labute approximate surface area is 177 Å². The molecule has 0 aromatic heterocycles. The quantitative estimate of drug-likeness (QED) is 0.231. The first-order valence-corrected chi connectivity index (χ1v) is 8.71. The summed E-state index contributed by atoms with van der Waals surface area (Å²) in [6.07, 6.45) is 2.04. The summed E-state index contributed by atoms with van der Waals surface area (Å²) in [5.74, 6) is 0.950. The van der Waals surface area contributed by atoms with Crippen LogP contribution in [0.25, 0.3) is 0 Å². The van der Waals surface area contributed by atoms with Gasteiger partial charge in [-0.25, -0.2) is 4.99 Å². The maximum Gasteiger partial charge on any atom is 0.251 e. The van der Waals surface area contributed by atoms with Crippen molar-refractivity contribution in [2.24, 2.45) is 10.7 Å². The molecule has 6 nitrogen and oxygen atoms in total. The number of nitrogens with zero attached hydrogens (tertiary/aromatic N) is 1. The minimum atomic E-state index is -0.0501. The molecule has 0 heterocycles.